The first-order valence-electron chi connectivity index (χ1n) is 10.5. The molecule has 1 aromatic rings. The van der Waals surface area contributed by atoms with Gasteiger partial charge in [0.05, 0.1) is 5.69 Å². The molecule has 0 spiro atoms. The van der Waals surface area contributed by atoms with Crippen molar-refractivity contribution in [3.63, 3.8) is 0 Å². The molecule has 4 nitrogen and oxygen atoms in total. The van der Waals surface area contributed by atoms with Crippen LogP contribution in [-0.2, 0) is 0 Å². The van der Waals surface area contributed by atoms with Gasteiger partial charge in [-0.3, -0.25) is 4.99 Å². The summed E-state index contributed by atoms with van der Waals surface area (Å²) in [6, 6.07) is 2.57. The normalized spacial score (nSPS) is 20.1. The Morgan fingerprint density at radius 2 is 2.00 bits per heavy atom. The molecule has 0 aromatic carbocycles. The third-order valence-corrected chi connectivity index (χ3v) is 5.82. The second-order valence-corrected chi connectivity index (χ2v) is 7.90. The van der Waals surface area contributed by atoms with Gasteiger partial charge in [-0.2, -0.15) is 0 Å². The van der Waals surface area contributed by atoms with E-state index in [0.29, 0.717) is 6.04 Å². The number of anilines is 1. The van der Waals surface area contributed by atoms with E-state index in [1.54, 1.807) is 0 Å². The number of aliphatic imine (C=N–C) groups is 1. The van der Waals surface area contributed by atoms with Crippen LogP contribution < -0.4 is 5.32 Å². The molecule has 1 aromatic heterocycles. The van der Waals surface area contributed by atoms with Gasteiger partial charge in [0, 0.05) is 31.1 Å². The second kappa shape index (κ2) is 9.84. The lowest BCUT2D eigenvalue weighted by Gasteiger charge is -2.27. The molecule has 0 unspecified atom stereocenters. The number of rotatable bonds is 8. The lowest BCUT2D eigenvalue weighted by atomic mass is 9.79. The van der Waals surface area contributed by atoms with E-state index in [-0.39, 0.29) is 0 Å². The van der Waals surface area contributed by atoms with E-state index in [1.165, 1.54) is 75.4 Å². The molecule has 2 aliphatic carbocycles. The van der Waals surface area contributed by atoms with Gasteiger partial charge in [-0.1, -0.05) is 57.4 Å². The molecule has 2 saturated carbocycles. The minimum atomic E-state index is 0.524. The number of aromatic nitrogens is 2. The zero-order valence-corrected chi connectivity index (χ0v) is 16.5. The van der Waals surface area contributed by atoms with Crippen LogP contribution in [0.25, 0.3) is 5.57 Å². The Morgan fingerprint density at radius 3 is 2.65 bits per heavy atom. The summed E-state index contributed by atoms with van der Waals surface area (Å²) < 4.78 is 0. The Kier molecular flexibility index (Phi) is 7.22. The summed E-state index contributed by atoms with van der Waals surface area (Å²) in [6.07, 6.45) is 18.0. The second-order valence-electron chi connectivity index (χ2n) is 7.90. The molecule has 1 heterocycles. The van der Waals surface area contributed by atoms with E-state index in [1.807, 2.05) is 25.5 Å². The van der Waals surface area contributed by atoms with Crippen LogP contribution in [0.1, 0.15) is 83.2 Å². The molecule has 0 radical (unpaired) electrons. The van der Waals surface area contributed by atoms with Gasteiger partial charge >= 0.3 is 0 Å². The third-order valence-electron chi connectivity index (χ3n) is 5.82. The molecule has 0 saturated heterocycles. The van der Waals surface area contributed by atoms with E-state index in [9.17, 15) is 0 Å². The summed E-state index contributed by atoms with van der Waals surface area (Å²) >= 11 is 0. The molecule has 142 valence electrons. The predicted octanol–water partition coefficient (Wildman–Crippen LogP) is 5.67. The van der Waals surface area contributed by atoms with Crippen molar-refractivity contribution in [3.8, 4) is 0 Å². The standard InChI is InChI=1S/C22H34N4/c1-3-8-18(15-17-9-7-10-17)20(16-23-2)21-13-14-24-22(26-21)25-19-11-5-4-6-12-19/h13-14,16-17,19H,3-12,15H2,1-2H3,(H,24,25,26)/b20-18-,23-16?. The fourth-order valence-corrected chi connectivity index (χ4v) is 4.17. The zero-order valence-electron chi connectivity index (χ0n) is 16.5. The van der Waals surface area contributed by atoms with Crippen molar-refractivity contribution in [3.05, 3.63) is 23.5 Å². The molecule has 0 bridgehead atoms. The van der Waals surface area contributed by atoms with Gasteiger partial charge in [-0.15, -0.1) is 0 Å². The number of nitrogens with zero attached hydrogens (tertiary/aromatic N) is 3. The molecule has 0 atom stereocenters. The first kappa shape index (κ1) is 19.1. The van der Waals surface area contributed by atoms with E-state index < -0.39 is 0 Å². The fourth-order valence-electron chi connectivity index (χ4n) is 4.17. The Labute approximate surface area is 158 Å². The molecule has 1 N–H and O–H groups in total. The molecule has 0 aliphatic heterocycles. The number of nitrogens with one attached hydrogen (secondary N) is 1. The lowest BCUT2D eigenvalue weighted by molar-refractivity contribution is 0.311. The number of allylic oxidation sites excluding steroid dienone is 2. The molecule has 2 fully saturated rings. The van der Waals surface area contributed by atoms with E-state index in [4.69, 9.17) is 4.98 Å². The van der Waals surface area contributed by atoms with Crippen molar-refractivity contribution in [2.75, 3.05) is 12.4 Å². The minimum Gasteiger partial charge on any atom is -0.351 e. The van der Waals surface area contributed by atoms with Gasteiger partial charge in [-0.25, -0.2) is 9.97 Å². The van der Waals surface area contributed by atoms with Crippen LogP contribution in [0.3, 0.4) is 0 Å². The van der Waals surface area contributed by atoms with Crippen LogP contribution >= 0.6 is 0 Å². The smallest absolute Gasteiger partial charge is 0.223 e. The first-order chi connectivity index (χ1) is 12.8. The molecule has 26 heavy (non-hydrogen) atoms. The maximum absolute atomic E-state index is 4.87. The fraction of sp³-hybridized carbons (Fsp3) is 0.682. The Morgan fingerprint density at radius 1 is 1.19 bits per heavy atom. The monoisotopic (exact) mass is 354 g/mol. The highest BCUT2D eigenvalue weighted by atomic mass is 15.1. The highest BCUT2D eigenvalue weighted by molar-refractivity contribution is 6.10. The van der Waals surface area contributed by atoms with Crippen molar-refractivity contribution in [2.24, 2.45) is 10.9 Å². The average Bonchev–Trinajstić information content (AvgIpc) is 2.63. The van der Waals surface area contributed by atoms with Gasteiger partial charge in [0.2, 0.25) is 5.95 Å². The molecular weight excluding hydrogens is 320 g/mol. The number of hydrogen-bond donors (Lipinski definition) is 1. The van der Waals surface area contributed by atoms with E-state index in [2.05, 4.69) is 22.2 Å². The Hall–Kier alpha value is -1.71. The van der Waals surface area contributed by atoms with Crippen LogP contribution in [0.5, 0.6) is 0 Å². The van der Waals surface area contributed by atoms with Gasteiger partial charge < -0.3 is 5.32 Å². The molecular formula is C22H34N4. The van der Waals surface area contributed by atoms with Crippen molar-refractivity contribution in [1.29, 1.82) is 0 Å². The summed E-state index contributed by atoms with van der Waals surface area (Å²) in [5, 5.41) is 3.56. The molecule has 4 heteroatoms. The van der Waals surface area contributed by atoms with E-state index >= 15 is 0 Å². The first-order valence-corrected chi connectivity index (χ1v) is 10.5. The summed E-state index contributed by atoms with van der Waals surface area (Å²) in [4.78, 5) is 13.7. The summed E-state index contributed by atoms with van der Waals surface area (Å²) in [5.41, 5.74) is 3.76. The molecule has 3 rings (SSSR count). The Balaban J connectivity index is 1.83. The zero-order chi connectivity index (χ0) is 18.2. The van der Waals surface area contributed by atoms with Crippen LogP contribution in [-0.4, -0.2) is 29.3 Å². The number of hydrogen-bond acceptors (Lipinski definition) is 4. The topological polar surface area (TPSA) is 50.2 Å². The summed E-state index contributed by atoms with van der Waals surface area (Å²) in [7, 11) is 1.86. The largest absolute Gasteiger partial charge is 0.351 e. The summed E-state index contributed by atoms with van der Waals surface area (Å²) in [5.74, 6) is 1.63. The molecule has 2 aliphatic rings. The Bertz CT molecular complexity index is 625. The maximum Gasteiger partial charge on any atom is 0.223 e. The highest BCUT2D eigenvalue weighted by Crippen LogP contribution is 2.35. The van der Waals surface area contributed by atoms with Crippen molar-refractivity contribution in [2.45, 2.75) is 83.6 Å². The third kappa shape index (κ3) is 5.15. The van der Waals surface area contributed by atoms with Gasteiger partial charge in [0.15, 0.2) is 0 Å². The van der Waals surface area contributed by atoms with Crippen LogP contribution in [0.15, 0.2) is 22.8 Å². The van der Waals surface area contributed by atoms with Crippen molar-refractivity contribution < 1.29 is 0 Å². The van der Waals surface area contributed by atoms with Crippen molar-refractivity contribution >= 4 is 17.7 Å². The van der Waals surface area contributed by atoms with Crippen LogP contribution in [0, 0.1) is 5.92 Å². The highest BCUT2D eigenvalue weighted by Gasteiger charge is 2.21. The summed E-state index contributed by atoms with van der Waals surface area (Å²) in [6.45, 7) is 2.26. The van der Waals surface area contributed by atoms with E-state index in [0.717, 1.165) is 24.0 Å². The van der Waals surface area contributed by atoms with Crippen molar-refractivity contribution in [1.82, 2.24) is 9.97 Å². The predicted molar refractivity (Wildman–Crippen MR) is 111 cm³/mol. The SMILES string of the molecule is CCC/C(CC1CCC1)=C(\C=NC)c1ccnc(NC2CCCCC2)n1. The van der Waals surface area contributed by atoms with Gasteiger partial charge in [-0.05, 0) is 37.7 Å². The quantitative estimate of drug-likeness (QED) is 0.612. The van der Waals surface area contributed by atoms with Crippen LogP contribution in [0.2, 0.25) is 0 Å². The van der Waals surface area contributed by atoms with Gasteiger partial charge in [0.25, 0.3) is 0 Å². The lowest BCUT2D eigenvalue weighted by Crippen LogP contribution is -2.23. The van der Waals surface area contributed by atoms with Gasteiger partial charge in [0.1, 0.15) is 0 Å². The average molecular weight is 355 g/mol. The minimum absolute atomic E-state index is 0.524. The molecule has 0 amide bonds. The van der Waals surface area contributed by atoms with Crippen LogP contribution in [0.4, 0.5) is 5.95 Å². The maximum atomic E-state index is 4.87.